The Balaban J connectivity index is 2.21. The van der Waals surface area contributed by atoms with E-state index in [0.717, 1.165) is 29.9 Å². The van der Waals surface area contributed by atoms with Gasteiger partial charge >= 0.3 is 0 Å². The van der Waals surface area contributed by atoms with Gasteiger partial charge in [-0.3, -0.25) is 0 Å². The van der Waals surface area contributed by atoms with Crippen molar-refractivity contribution in [3.63, 3.8) is 0 Å². The largest absolute Gasteiger partial charge is 0.493 e. The van der Waals surface area contributed by atoms with Gasteiger partial charge in [0.2, 0.25) is 0 Å². The van der Waals surface area contributed by atoms with Crippen LogP contribution in [0.25, 0.3) is 0 Å². The Bertz CT molecular complexity index is 390. The molecule has 1 aliphatic rings. The molecule has 0 aromatic heterocycles. The van der Waals surface area contributed by atoms with Gasteiger partial charge in [0.25, 0.3) is 0 Å². The maximum atomic E-state index is 6.22. The minimum atomic E-state index is 0.301. The van der Waals surface area contributed by atoms with E-state index in [1.54, 1.807) is 7.11 Å². The monoisotopic (exact) mass is 346 g/mol. The highest BCUT2D eigenvalue weighted by Crippen LogP contribution is 2.37. The van der Waals surface area contributed by atoms with Gasteiger partial charge in [-0.1, -0.05) is 40.4 Å². The van der Waals surface area contributed by atoms with Gasteiger partial charge < -0.3 is 9.47 Å². The number of alkyl halides is 1. The highest BCUT2D eigenvalue weighted by Gasteiger charge is 2.19. The van der Waals surface area contributed by atoms with Gasteiger partial charge in [-0.05, 0) is 31.7 Å². The minimum Gasteiger partial charge on any atom is -0.493 e. The maximum absolute atomic E-state index is 6.22. The Morgan fingerprint density at radius 2 is 1.89 bits per heavy atom. The van der Waals surface area contributed by atoms with Gasteiger partial charge in [-0.25, -0.2) is 0 Å². The van der Waals surface area contributed by atoms with Crippen LogP contribution in [-0.2, 0) is 5.33 Å². The number of ether oxygens (including phenoxy) is 2. The van der Waals surface area contributed by atoms with Crippen LogP contribution in [0, 0.1) is 0 Å². The molecule has 1 fully saturated rings. The number of hydrogen-bond donors (Lipinski definition) is 0. The van der Waals surface area contributed by atoms with Gasteiger partial charge in [0.15, 0.2) is 11.5 Å². The molecule has 19 heavy (non-hydrogen) atoms. The molecule has 1 saturated carbocycles. The van der Waals surface area contributed by atoms with Crippen LogP contribution in [0.5, 0.6) is 11.5 Å². The highest BCUT2D eigenvalue weighted by molar-refractivity contribution is 9.08. The number of rotatable bonds is 4. The summed E-state index contributed by atoms with van der Waals surface area (Å²) in [5.74, 6) is 1.57. The lowest BCUT2D eigenvalue weighted by molar-refractivity contribution is 0.175. The van der Waals surface area contributed by atoms with Crippen LogP contribution in [0.3, 0.4) is 0 Å². The molecule has 0 spiro atoms. The van der Waals surface area contributed by atoms with Crippen molar-refractivity contribution in [2.24, 2.45) is 0 Å². The van der Waals surface area contributed by atoms with E-state index in [1.165, 1.54) is 25.7 Å². The lowest BCUT2D eigenvalue weighted by Gasteiger charge is -2.21. The topological polar surface area (TPSA) is 18.5 Å². The first-order valence-corrected chi connectivity index (χ1v) is 8.33. The van der Waals surface area contributed by atoms with E-state index < -0.39 is 0 Å². The summed E-state index contributed by atoms with van der Waals surface area (Å²) in [5, 5.41) is 1.39. The first kappa shape index (κ1) is 15.0. The fourth-order valence-corrected chi connectivity index (χ4v) is 3.18. The molecule has 0 saturated heterocycles. The molecule has 2 rings (SSSR count). The smallest absolute Gasteiger partial charge is 0.165 e. The molecule has 0 N–H and O–H groups in total. The maximum Gasteiger partial charge on any atom is 0.165 e. The zero-order valence-corrected chi connectivity index (χ0v) is 13.6. The summed E-state index contributed by atoms with van der Waals surface area (Å²) < 4.78 is 11.6. The molecule has 0 bridgehead atoms. The van der Waals surface area contributed by atoms with Gasteiger partial charge in [0.05, 0.1) is 13.2 Å². The predicted molar refractivity (Wildman–Crippen MR) is 82.8 cm³/mol. The van der Waals surface area contributed by atoms with Crippen LogP contribution in [0.4, 0.5) is 0 Å². The van der Waals surface area contributed by atoms with Crippen molar-refractivity contribution >= 4 is 27.5 Å². The van der Waals surface area contributed by atoms with E-state index in [4.69, 9.17) is 21.1 Å². The quantitative estimate of drug-likeness (QED) is 0.540. The van der Waals surface area contributed by atoms with Crippen LogP contribution in [0.1, 0.15) is 44.1 Å². The molecule has 2 nitrogen and oxygen atoms in total. The average molecular weight is 348 g/mol. The molecule has 0 radical (unpaired) electrons. The van der Waals surface area contributed by atoms with Crippen LogP contribution >= 0.6 is 27.5 Å². The summed E-state index contributed by atoms with van der Waals surface area (Å²) in [6, 6.07) is 3.75. The van der Waals surface area contributed by atoms with Crippen molar-refractivity contribution in [1.29, 1.82) is 0 Å². The van der Waals surface area contributed by atoms with Crippen LogP contribution in [-0.4, -0.2) is 13.2 Å². The molecule has 4 heteroatoms. The van der Waals surface area contributed by atoms with E-state index in [-0.39, 0.29) is 0 Å². The fourth-order valence-electron chi connectivity index (χ4n) is 2.53. The van der Waals surface area contributed by atoms with Crippen molar-refractivity contribution in [2.45, 2.75) is 50.0 Å². The second-order valence-electron chi connectivity index (χ2n) is 4.96. The van der Waals surface area contributed by atoms with Crippen LogP contribution in [0.2, 0.25) is 5.02 Å². The highest BCUT2D eigenvalue weighted by atomic mass is 79.9. The average Bonchev–Trinajstić information content (AvgIpc) is 2.68. The number of methoxy groups -OCH3 is 1. The van der Waals surface area contributed by atoms with E-state index >= 15 is 0 Å². The predicted octanol–water partition coefficient (Wildman–Crippen LogP) is 5.35. The fraction of sp³-hybridized carbons (Fsp3) is 0.600. The molecule has 1 aliphatic carbocycles. The third-order valence-electron chi connectivity index (χ3n) is 3.55. The lowest BCUT2D eigenvalue weighted by atomic mass is 10.1. The van der Waals surface area contributed by atoms with Crippen LogP contribution in [0.15, 0.2) is 12.1 Å². The van der Waals surface area contributed by atoms with Gasteiger partial charge in [-0.2, -0.15) is 0 Å². The Morgan fingerprint density at radius 1 is 1.21 bits per heavy atom. The normalized spacial score (nSPS) is 17.0. The summed E-state index contributed by atoms with van der Waals surface area (Å²) >= 11 is 9.58. The number of halogens is 2. The van der Waals surface area contributed by atoms with Crippen LogP contribution < -0.4 is 9.47 Å². The molecular weight excluding hydrogens is 328 g/mol. The van der Waals surface area contributed by atoms with E-state index in [9.17, 15) is 0 Å². The first-order chi connectivity index (χ1) is 9.24. The third-order valence-corrected chi connectivity index (χ3v) is 4.37. The molecular formula is C15H20BrClO2. The Labute approximate surface area is 128 Å². The summed E-state index contributed by atoms with van der Waals surface area (Å²) in [4.78, 5) is 0. The van der Waals surface area contributed by atoms with Crippen molar-refractivity contribution in [2.75, 3.05) is 7.11 Å². The zero-order chi connectivity index (χ0) is 13.7. The Hall–Kier alpha value is -0.410. The molecule has 1 aromatic carbocycles. The number of benzene rings is 1. The molecule has 0 aliphatic heterocycles. The Kier molecular flexibility index (Phi) is 5.83. The minimum absolute atomic E-state index is 0.301. The van der Waals surface area contributed by atoms with E-state index in [2.05, 4.69) is 15.9 Å². The lowest BCUT2D eigenvalue weighted by Crippen LogP contribution is -2.16. The van der Waals surface area contributed by atoms with Gasteiger partial charge in [-0.15, -0.1) is 0 Å². The van der Waals surface area contributed by atoms with Gasteiger partial charge in [0, 0.05) is 22.0 Å². The molecule has 106 valence electrons. The summed E-state index contributed by atoms with van der Waals surface area (Å²) in [7, 11) is 1.66. The molecule has 0 atom stereocenters. The first-order valence-electron chi connectivity index (χ1n) is 6.83. The Morgan fingerprint density at radius 3 is 2.47 bits per heavy atom. The second-order valence-corrected chi connectivity index (χ2v) is 5.96. The standard InChI is InChI=1S/C15H20BrClO2/c1-18-14-9-12(17)8-11(10-16)15(14)19-13-6-4-2-3-5-7-13/h8-9,13H,2-7,10H2,1H3. The molecule has 0 heterocycles. The zero-order valence-electron chi connectivity index (χ0n) is 11.3. The summed E-state index contributed by atoms with van der Waals surface area (Å²) in [5.41, 5.74) is 1.05. The third kappa shape index (κ3) is 4.03. The van der Waals surface area contributed by atoms with Crippen molar-refractivity contribution < 1.29 is 9.47 Å². The van der Waals surface area contributed by atoms with Crippen molar-refractivity contribution in [1.82, 2.24) is 0 Å². The molecule has 1 aromatic rings. The SMILES string of the molecule is COc1cc(Cl)cc(CBr)c1OC1CCCCCC1. The molecule has 0 unspecified atom stereocenters. The summed E-state index contributed by atoms with van der Waals surface area (Å²) in [6.45, 7) is 0. The number of hydrogen-bond acceptors (Lipinski definition) is 2. The van der Waals surface area contributed by atoms with Gasteiger partial charge in [0.1, 0.15) is 0 Å². The van der Waals surface area contributed by atoms with Crippen molar-refractivity contribution in [3.05, 3.63) is 22.7 Å². The summed E-state index contributed by atoms with van der Waals surface area (Å²) in [6.07, 6.45) is 7.72. The van der Waals surface area contributed by atoms with E-state index in [1.807, 2.05) is 12.1 Å². The molecule has 0 amide bonds. The van der Waals surface area contributed by atoms with E-state index in [0.29, 0.717) is 16.5 Å². The second kappa shape index (κ2) is 7.39. The van der Waals surface area contributed by atoms with Crippen molar-refractivity contribution in [3.8, 4) is 11.5 Å².